The third kappa shape index (κ3) is 4.41. The summed E-state index contributed by atoms with van der Waals surface area (Å²) in [5.74, 6) is 0.308. The van der Waals surface area contributed by atoms with E-state index in [-0.39, 0.29) is 17.9 Å². The molecule has 2 aromatic rings. The molecule has 0 aromatic carbocycles. The first kappa shape index (κ1) is 16.6. The molecule has 2 unspecified atom stereocenters. The van der Waals surface area contributed by atoms with Crippen LogP contribution in [0.2, 0.25) is 0 Å². The molecule has 24 heavy (non-hydrogen) atoms. The Labute approximate surface area is 142 Å². The maximum Gasteiger partial charge on any atom is 0.226 e. The average Bonchev–Trinajstić information content (AvgIpc) is 3.26. The van der Waals surface area contributed by atoms with Crippen LogP contribution in [-0.4, -0.2) is 37.9 Å². The van der Waals surface area contributed by atoms with Gasteiger partial charge in [-0.3, -0.25) is 9.78 Å². The van der Waals surface area contributed by atoms with E-state index in [1.54, 1.807) is 12.4 Å². The number of nitrogens with zero attached hydrogens (tertiary/aromatic N) is 4. The van der Waals surface area contributed by atoms with Crippen LogP contribution in [0.1, 0.15) is 31.2 Å². The molecule has 0 saturated heterocycles. The van der Waals surface area contributed by atoms with Gasteiger partial charge in [0.25, 0.3) is 0 Å². The number of nitrogens with two attached hydrogens (primary N) is 1. The molecule has 0 aliphatic heterocycles. The molecule has 2 atom stereocenters. The van der Waals surface area contributed by atoms with Crippen LogP contribution in [0.4, 0.5) is 0 Å². The Balaban J connectivity index is 1.62. The minimum Gasteiger partial charge on any atom is -0.338 e. The maximum absolute atomic E-state index is 12.9. The van der Waals surface area contributed by atoms with Crippen LogP contribution < -0.4 is 5.73 Å². The molecule has 0 spiro atoms. The van der Waals surface area contributed by atoms with E-state index in [4.69, 9.17) is 5.73 Å². The zero-order valence-electron chi connectivity index (χ0n) is 13.9. The number of hydrogen-bond acceptors (Lipinski definition) is 4. The molecule has 2 aromatic heterocycles. The Kier molecular flexibility index (Phi) is 5.59. The van der Waals surface area contributed by atoms with Gasteiger partial charge in [0.05, 0.1) is 6.33 Å². The summed E-state index contributed by atoms with van der Waals surface area (Å²) in [4.78, 5) is 23.1. The molecule has 3 rings (SSSR count). The van der Waals surface area contributed by atoms with E-state index in [2.05, 4.69) is 9.97 Å². The van der Waals surface area contributed by atoms with E-state index in [0.29, 0.717) is 6.54 Å². The van der Waals surface area contributed by atoms with Gasteiger partial charge >= 0.3 is 0 Å². The highest BCUT2D eigenvalue weighted by molar-refractivity contribution is 5.79. The Morgan fingerprint density at radius 3 is 2.92 bits per heavy atom. The van der Waals surface area contributed by atoms with Crippen molar-refractivity contribution in [3.63, 3.8) is 0 Å². The summed E-state index contributed by atoms with van der Waals surface area (Å²) in [6.07, 6.45) is 12.7. The first-order chi connectivity index (χ1) is 11.7. The minimum atomic E-state index is 0.0740. The van der Waals surface area contributed by atoms with Crippen molar-refractivity contribution in [2.24, 2.45) is 11.7 Å². The van der Waals surface area contributed by atoms with Gasteiger partial charge in [0.1, 0.15) is 0 Å². The largest absolute Gasteiger partial charge is 0.338 e. The minimum absolute atomic E-state index is 0.0740. The lowest BCUT2D eigenvalue weighted by molar-refractivity contribution is -0.136. The van der Waals surface area contributed by atoms with Crippen molar-refractivity contribution in [1.82, 2.24) is 19.4 Å². The van der Waals surface area contributed by atoms with Crippen molar-refractivity contribution < 1.29 is 4.79 Å². The van der Waals surface area contributed by atoms with E-state index in [0.717, 1.165) is 44.3 Å². The Bertz CT molecular complexity index is 628. The SMILES string of the molecule is NC1CCC(C(=O)N(CCCn2ccnc2)Cc2cccnc2)C1. The van der Waals surface area contributed by atoms with Crippen molar-refractivity contribution in [1.29, 1.82) is 0 Å². The van der Waals surface area contributed by atoms with E-state index in [1.165, 1.54) is 0 Å². The second-order valence-corrected chi connectivity index (χ2v) is 6.55. The molecule has 1 fully saturated rings. The van der Waals surface area contributed by atoms with Crippen LogP contribution >= 0.6 is 0 Å². The molecular weight excluding hydrogens is 302 g/mol. The van der Waals surface area contributed by atoms with E-state index < -0.39 is 0 Å². The molecule has 2 N–H and O–H groups in total. The summed E-state index contributed by atoms with van der Waals surface area (Å²) in [6.45, 7) is 2.21. The summed E-state index contributed by atoms with van der Waals surface area (Å²) in [5, 5.41) is 0. The molecular formula is C18H25N5O. The van der Waals surface area contributed by atoms with Crippen LogP contribution in [0.5, 0.6) is 0 Å². The fourth-order valence-corrected chi connectivity index (χ4v) is 3.34. The van der Waals surface area contributed by atoms with Gasteiger partial charge in [0.2, 0.25) is 5.91 Å². The average molecular weight is 327 g/mol. The molecule has 1 aliphatic carbocycles. The number of carbonyl (C=O) groups is 1. The quantitative estimate of drug-likeness (QED) is 0.841. The predicted octanol–water partition coefficient (Wildman–Crippen LogP) is 1.82. The van der Waals surface area contributed by atoms with Gasteiger partial charge in [-0.25, -0.2) is 4.98 Å². The monoisotopic (exact) mass is 327 g/mol. The van der Waals surface area contributed by atoms with Crippen molar-refractivity contribution in [3.8, 4) is 0 Å². The second kappa shape index (κ2) is 8.06. The summed E-state index contributed by atoms with van der Waals surface area (Å²) >= 11 is 0. The van der Waals surface area contributed by atoms with Gasteiger partial charge in [0.15, 0.2) is 0 Å². The highest BCUT2D eigenvalue weighted by Gasteiger charge is 2.30. The number of aryl methyl sites for hydroxylation is 1. The lowest BCUT2D eigenvalue weighted by atomic mass is 10.1. The van der Waals surface area contributed by atoms with E-state index >= 15 is 0 Å². The number of hydrogen-bond donors (Lipinski definition) is 1. The molecule has 1 amide bonds. The topological polar surface area (TPSA) is 77.0 Å². The zero-order valence-corrected chi connectivity index (χ0v) is 13.9. The normalized spacial score (nSPS) is 20.2. The molecule has 6 heteroatoms. The third-order valence-corrected chi connectivity index (χ3v) is 4.63. The predicted molar refractivity (Wildman–Crippen MR) is 91.8 cm³/mol. The van der Waals surface area contributed by atoms with Gasteiger partial charge in [-0.1, -0.05) is 6.07 Å². The lowest BCUT2D eigenvalue weighted by Gasteiger charge is -2.26. The second-order valence-electron chi connectivity index (χ2n) is 6.55. The summed E-state index contributed by atoms with van der Waals surface area (Å²) in [5.41, 5.74) is 7.05. The highest BCUT2D eigenvalue weighted by Crippen LogP contribution is 2.26. The molecule has 2 heterocycles. The number of imidazole rings is 1. The number of amides is 1. The first-order valence-corrected chi connectivity index (χ1v) is 8.61. The van der Waals surface area contributed by atoms with Crippen LogP contribution in [0.15, 0.2) is 43.2 Å². The Hall–Kier alpha value is -2.21. The van der Waals surface area contributed by atoms with Crippen molar-refractivity contribution in [3.05, 3.63) is 48.8 Å². The smallest absolute Gasteiger partial charge is 0.226 e. The number of aromatic nitrogens is 3. The van der Waals surface area contributed by atoms with Gasteiger partial charge in [-0.15, -0.1) is 0 Å². The fraction of sp³-hybridized carbons (Fsp3) is 0.500. The summed E-state index contributed by atoms with van der Waals surface area (Å²) in [6, 6.07) is 4.10. The number of rotatable bonds is 7. The highest BCUT2D eigenvalue weighted by atomic mass is 16.2. The lowest BCUT2D eigenvalue weighted by Crippen LogP contribution is -2.36. The van der Waals surface area contributed by atoms with Gasteiger partial charge in [-0.05, 0) is 37.3 Å². The number of pyridine rings is 1. The van der Waals surface area contributed by atoms with Gasteiger partial charge in [-0.2, -0.15) is 0 Å². The first-order valence-electron chi connectivity index (χ1n) is 8.61. The molecule has 128 valence electrons. The van der Waals surface area contributed by atoms with E-state index in [1.807, 2.05) is 40.3 Å². The molecule has 1 saturated carbocycles. The van der Waals surface area contributed by atoms with Gasteiger partial charge < -0.3 is 15.2 Å². The molecule has 6 nitrogen and oxygen atoms in total. The van der Waals surface area contributed by atoms with Crippen molar-refractivity contribution in [2.75, 3.05) is 6.54 Å². The molecule has 1 aliphatic rings. The maximum atomic E-state index is 12.9. The molecule has 0 radical (unpaired) electrons. The van der Waals surface area contributed by atoms with Crippen LogP contribution in [0.25, 0.3) is 0 Å². The van der Waals surface area contributed by atoms with Gasteiger partial charge in [0, 0.05) is 56.4 Å². The Morgan fingerprint density at radius 1 is 1.33 bits per heavy atom. The third-order valence-electron chi connectivity index (χ3n) is 4.63. The van der Waals surface area contributed by atoms with Crippen molar-refractivity contribution >= 4 is 5.91 Å². The standard InChI is InChI=1S/C18H25N5O/c19-17-5-4-16(11-17)18(24)23(13-15-3-1-6-20-12-15)9-2-8-22-10-7-21-14-22/h1,3,6-7,10,12,14,16-17H,2,4-5,8-9,11,13,19H2. The zero-order chi connectivity index (χ0) is 16.8. The van der Waals surface area contributed by atoms with Crippen LogP contribution in [0, 0.1) is 5.92 Å². The Morgan fingerprint density at radius 2 is 2.25 bits per heavy atom. The summed E-state index contributed by atoms with van der Waals surface area (Å²) < 4.78 is 2.04. The van der Waals surface area contributed by atoms with Crippen LogP contribution in [-0.2, 0) is 17.9 Å². The fourth-order valence-electron chi connectivity index (χ4n) is 3.34. The number of carbonyl (C=O) groups excluding carboxylic acids is 1. The van der Waals surface area contributed by atoms with Crippen molar-refractivity contribution in [2.45, 2.75) is 44.8 Å². The summed E-state index contributed by atoms with van der Waals surface area (Å²) in [7, 11) is 0. The molecule has 0 bridgehead atoms. The van der Waals surface area contributed by atoms with E-state index in [9.17, 15) is 4.79 Å². The van der Waals surface area contributed by atoms with Crippen LogP contribution in [0.3, 0.4) is 0 Å².